The standard InChI is InChI=1S/C18H31NO/c1-4-6-7-8-9-14-20-15-18(19-5-2)17-12-10-16(3)11-13-17/h10-13,18-19H,4-9,14-15H2,1-3H3. The normalized spacial score (nSPS) is 12.6. The molecule has 0 bridgehead atoms. The lowest BCUT2D eigenvalue weighted by molar-refractivity contribution is 0.108. The molecule has 0 saturated heterocycles. The first kappa shape index (κ1) is 17.2. The van der Waals surface area contributed by atoms with Crippen LogP contribution in [0.2, 0.25) is 0 Å². The number of nitrogens with one attached hydrogen (secondary N) is 1. The van der Waals surface area contributed by atoms with Gasteiger partial charge in [0.1, 0.15) is 0 Å². The van der Waals surface area contributed by atoms with Crippen molar-refractivity contribution < 1.29 is 4.74 Å². The smallest absolute Gasteiger partial charge is 0.0661 e. The predicted octanol–water partition coefficient (Wildman–Crippen LogP) is 4.63. The highest BCUT2D eigenvalue weighted by molar-refractivity contribution is 5.24. The summed E-state index contributed by atoms with van der Waals surface area (Å²) in [5, 5.41) is 3.50. The fraction of sp³-hybridized carbons (Fsp3) is 0.667. The van der Waals surface area contributed by atoms with Crippen molar-refractivity contribution in [2.75, 3.05) is 19.8 Å². The second kappa shape index (κ2) is 10.9. The van der Waals surface area contributed by atoms with Crippen LogP contribution in [0.5, 0.6) is 0 Å². The van der Waals surface area contributed by atoms with E-state index in [1.165, 1.54) is 43.2 Å². The highest BCUT2D eigenvalue weighted by Gasteiger charge is 2.09. The summed E-state index contributed by atoms with van der Waals surface area (Å²) in [6.45, 7) is 9.14. The van der Waals surface area contributed by atoms with Crippen LogP contribution in [-0.2, 0) is 4.74 Å². The Morgan fingerprint density at radius 3 is 2.35 bits per heavy atom. The summed E-state index contributed by atoms with van der Waals surface area (Å²) in [5.74, 6) is 0. The average Bonchev–Trinajstić information content (AvgIpc) is 2.46. The van der Waals surface area contributed by atoms with Crippen molar-refractivity contribution in [3.8, 4) is 0 Å². The molecule has 1 aromatic rings. The molecule has 0 radical (unpaired) electrons. The number of rotatable bonds is 11. The number of likely N-dealkylation sites (N-methyl/N-ethyl adjacent to an activating group) is 1. The fourth-order valence-corrected chi connectivity index (χ4v) is 2.33. The van der Waals surface area contributed by atoms with Crippen molar-refractivity contribution in [1.29, 1.82) is 0 Å². The van der Waals surface area contributed by atoms with Gasteiger partial charge >= 0.3 is 0 Å². The summed E-state index contributed by atoms with van der Waals surface area (Å²) >= 11 is 0. The van der Waals surface area contributed by atoms with Crippen LogP contribution >= 0.6 is 0 Å². The third kappa shape index (κ3) is 7.06. The Labute approximate surface area is 124 Å². The summed E-state index contributed by atoms with van der Waals surface area (Å²) < 4.78 is 5.85. The maximum Gasteiger partial charge on any atom is 0.0661 e. The molecular formula is C18H31NO. The van der Waals surface area contributed by atoms with Crippen molar-refractivity contribution in [2.24, 2.45) is 0 Å². The first-order chi connectivity index (χ1) is 9.77. The van der Waals surface area contributed by atoms with E-state index in [1.54, 1.807) is 0 Å². The lowest BCUT2D eigenvalue weighted by atomic mass is 10.1. The van der Waals surface area contributed by atoms with Crippen LogP contribution in [0.4, 0.5) is 0 Å². The minimum Gasteiger partial charge on any atom is -0.379 e. The van der Waals surface area contributed by atoms with Crippen molar-refractivity contribution in [1.82, 2.24) is 5.32 Å². The van der Waals surface area contributed by atoms with Gasteiger partial charge in [-0.1, -0.05) is 69.4 Å². The molecule has 0 aliphatic carbocycles. The molecule has 0 aliphatic rings. The topological polar surface area (TPSA) is 21.3 Å². The monoisotopic (exact) mass is 277 g/mol. The third-order valence-corrected chi connectivity index (χ3v) is 3.61. The molecule has 20 heavy (non-hydrogen) atoms. The van der Waals surface area contributed by atoms with Gasteiger partial charge in [-0.05, 0) is 25.5 Å². The summed E-state index contributed by atoms with van der Waals surface area (Å²) in [6.07, 6.45) is 6.48. The molecule has 1 rings (SSSR count). The Kier molecular flexibility index (Phi) is 9.35. The zero-order valence-electron chi connectivity index (χ0n) is 13.5. The van der Waals surface area contributed by atoms with E-state index in [9.17, 15) is 0 Å². The SMILES string of the molecule is CCCCCCCOCC(NCC)c1ccc(C)cc1. The number of ether oxygens (including phenoxy) is 1. The molecule has 0 amide bonds. The van der Waals surface area contributed by atoms with Gasteiger partial charge in [-0.25, -0.2) is 0 Å². The Morgan fingerprint density at radius 2 is 1.70 bits per heavy atom. The molecular weight excluding hydrogens is 246 g/mol. The van der Waals surface area contributed by atoms with Gasteiger partial charge in [-0.2, -0.15) is 0 Å². The van der Waals surface area contributed by atoms with Gasteiger partial charge in [0, 0.05) is 6.61 Å². The molecule has 1 aromatic carbocycles. The van der Waals surface area contributed by atoms with E-state index in [2.05, 4.69) is 50.4 Å². The quantitative estimate of drug-likeness (QED) is 0.595. The van der Waals surface area contributed by atoms with Crippen LogP contribution in [-0.4, -0.2) is 19.8 Å². The number of hydrogen-bond acceptors (Lipinski definition) is 2. The van der Waals surface area contributed by atoms with E-state index in [4.69, 9.17) is 4.74 Å². The van der Waals surface area contributed by atoms with Gasteiger partial charge in [0.15, 0.2) is 0 Å². The molecule has 1 atom stereocenters. The molecule has 0 fully saturated rings. The van der Waals surface area contributed by atoms with Gasteiger partial charge in [0.05, 0.1) is 12.6 Å². The minimum absolute atomic E-state index is 0.316. The number of aryl methyl sites for hydroxylation is 1. The number of benzene rings is 1. The Morgan fingerprint density at radius 1 is 1.00 bits per heavy atom. The minimum atomic E-state index is 0.316. The predicted molar refractivity (Wildman–Crippen MR) is 87.2 cm³/mol. The third-order valence-electron chi connectivity index (χ3n) is 3.61. The van der Waals surface area contributed by atoms with E-state index in [-0.39, 0.29) is 0 Å². The summed E-state index contributed by atoms with van der Waals surface area (Å²) in [7, 11) is 0. The molecule has 0 saturated carbocycles. The summed E-state index contributed by atoms with van der Waals surface area (Å²) in [6, 6.07) is 9.06. The molecule has 0 aromatic heterocycles. The van der Waals surface area contributed by atoms with Crippen LogP contribution < -0.4 is 5.32 Å². The summed E-state index contributed by atoms with van der Waals surface area (Å²) in [4.78, 5) is 0. The largest absolute Gasteiger partial charge is 0.379 e. The van der Waals surface area contributed by atoms with Gasteiger partial charge in [-0.15, -0.1) is 0 Å². The molecule has 114 valence electrons. The lowest BCUT2D eigenvalue weighted by Crippen LogP contribution is -2.25. The molecule has 0 spiro atoms. The van der Waals surface area contributed by atoms with E-state index in [1.807, 2.05) is 0 Å². The Bertz CT molecular complexity index is 334. The molecule has 0 aliphatic heterocycles. The lowest BCUT2D eigenvalue weighted by Gasteiger charge is -2.18. The zero-order chi connectivity index (χ0) is 14.6. The van der Waals surface area contributed by atoms with E-state index in [0.29, 0.717) is 6.04 Å². The van der Waals surface area contributed by atoms with Gasteiger partial charge < -0.3 is 10.1 Å². The van der Waals surface area contributed by atoms with Gasteiger partial charge in [0.25, 0.3) is 0 Å². The average molecular weight is 277 g/mol. The molecule has 1 N–H and O–H groups in total. The Balaban J connectivity index is 2.27. The molecule has 1 unspecified atom stereocenters. The van der Waals surface area contributed by atoms with E-state index < -0.39 is 0 Å². The van der Waals surface area contributed by atoms with Crippen molar-refractivity contribution >= 4 is 0 Å². The van der Waals surface area contributed by atoms with E-state index >= 15 is 0 Å². The van der Waals surface area contributed by atoms with Gasteiger partial charge in [-0.3, -0.25) is 0 Å². The second-order valence-corrected chi connectivity index (χ2v) is 5.51. The van der Waals surface area contributed by atoms with Crippen molar-refractivity contribution in [3.05, 3.63) is 35.4 Å². The molecule has 2 heteroatoms. The van der Waals surface area contributed by atoms with Crippen LogP contribution in [0.1, 0.15) is 63.1 Å². The highest BCUT2D eigenvalue weighted by atomic mass is 16.5. The first-order valence-corrected chi connectivity index (χ1v) is 8.15. The van der Waals surface area contributed by atoms with Crippen LogP contribution in [0.25, 0.3) is 0 Å². The fourth-order valence-electron chi connectivity index (χ4n) is 2.33. The number of hydrogen-bond donors (Lipinski definition) is 1. The summed E-state index contributed by atoms with van der Waals surface area (Å²) in [5.41, 5.74) is 2.63. The molecule has 2 nitrogen and oxygen atoms in total. The molecule has 0 heterocycles. The van der Waals surface area contributed by atoms with Crippen LogP contribution in [0.15, 0.2) is 24.3 Å². The van der Waals surface area contributed by atoms with Crippen LogP contribution in [0.3, 0.4) is 0 Å². The van der Waals surface area contributed by atoms with Crippen molar-refractivity contribution in [2.45, 2.75) is 58.9 Å². The van der Waals surface area contributed by atoms with Crippen molar-refractivity contribution in [3.63, 3.8) is 0 Å². The Hall–Kier alpha value is -0.860. The highest BCUT2D eigenvalue weighted by Crippen LogP contribution is 2.14. The van der Waals surface area contributed by atoms with E-state index in [0.717, 1.165) is 19.8 Å². The number of unbranched alkanes of at least 4 members (excludes halogenated alkanes) is 4. The first-order valence-electron chi connectivity index (χ1n) is 8.15. The maximum atomic E-state index is 5.85. The second-order valence-electron chi connectivity index (χ2n) is 5.51. The van der Waals surface area contributed by atoms with Crippen LogP contribution in [0, 0.1) is 6.92 Å². The van der Waals surface area contributed by atoms with Gasteiger partial charge in [0.2, 0.25) is 0 Å². The zero-order valence-corrected chi connectivity index (χ0v) is 13.5. The maximum absolute atomic E-state index is 5.85.